The van der Waals surface area contributed by atoms with Crippen LogP contribution in [0.1, 0.15) is 27.2 Å². The molecule has 4 rings (SSSR count). The number of nitrogens with zero attached hydrogens (tertiary/aromatic N) is 3. The number of amides is 1. The maximum absolute atomic E-state index is 12.9. The fourth-order valence-electron chi connectivity index (χ4n) is 3.32. The molecular formula is C26H20F3N5O. The van der Waals surface area contributed by atoms with Crippen LogP contribution in [0.15, 0.2) is 95.1 Å². The minimum Gasteiger partial charge on any atom is -0.278 e. The molecule has 0 atom stereocenters. The highest BCUT2D eigenvalue weighted by molar-refractivity contribution is 6.07. The van der Waals surface area contributed by atoms with Crippen LogP contribution in [0.5, 0.6) is 0 Å². The third kappa shape index (κ3) is 6.29. The van der Waals surface area contributed by atoms with Crippen molar-refractivity contribution in [1.29, 1.82) is 0 Å². The van der Waals surface area contributed by atoms with E-state index in [0.29, 0.717) is 28.6 Å². The number of nitrogens with one attached hydrogen (secondary N) is 2. The number of pyridine rings is 1. The molecule has 0 bridgehead atoms. The molecule has 4 aromatic rings. The van der Waals surface area contributed by atoms with Crippen molar-refractivity contribution in [3.8, 4) is 0 Å². The van der Waals surface area contributed by atoms with E-state index in [1.807, 2.05) is 30.3 Å². The van der Waals surface area contributed by atoms with Crippen LogP contribution in [0.25, 0.3) is 10.9 Å². The van der Waals surface area contributed by atoms with E-state index in [4.69, 9.17) is 0 Å². The highest BCUT2D eigenvalue weighted by atomic mass is 19.4. The molecule has 1 amide bonds. The number of carbonyl (C=O) groups excluding carboxylic acids is 1. The average molecular weight is 475 g/mol. The summed E-state index contributed by atoms with van der Waals surface area (Å²) >= 11 is 0. The third-order valence-corrected chi connectivity index (χ3v) is 4.99. The Kier molecular flexibility index (Phi) is 7.15. The molecule has 0 aliphatic heterocycles. The van der Waals surface area contributed by atoms with E-state index in [-0.39, 0.29) is 5.69 Å². The summed E-state index contributed by atoms with van der Waals surface area (Å²) in [6.45, 7) is 0. The lowest BCUT2D eigenvalue weighted by Crippen LogP contribution is -2.18. The molecule has 0 aliphatic rings. The molecule has 6 nitrogen and oxygen atoms in total. The Balaban J connectivity index is 1.50. The van der Waals surface area contributed by atoms with Gasteiger partial charge in [-0.05, 0) is 35.9 Å². The quantitative estimate of drug-likeness (QED) is 0.268. The maximum Gasteiger partial charge on any atom is 0.416 e. The average Bonchev–Trinajstić information content (AvgIpc) is 2.86. The number of aromatic nitrogens is 1. The molecule has 0 aliphatic carbocycles. The van der Waals surface area contributed by atoms with Gasteiger partial charge >= 0.3 is 6.18 Å². The summed E-state index contributed by atoms with van der Waals surface area (Å²) in [6.07, 6.45) is -0.940. The van der Waals surface area contributed by atoms with Gasteiger partial charge in [0.05, 0.1) is 34.2 Å². The van der Waals surface area contributed by atoms with Crippen LogP contribution in [-0.4, -0.2) is 23.3 Å². The monoisotopic (exact) mass is 475 g/mol. The first-order valence-electron chi connectivity index (χ1n) is 10.6. The van der Waals surface area contributed by atoms with Gasteiger partial charge in [0.2, 0.25) is 0 Å². The van der Waals surface area contributed by atoms with Crippen molar-refractivity contribution in [2.75, 3.05) is 5.43 Å². The molecule has 2 N–H and O–H groups in total. The first-order valence-corrected chi connectivity index (χ1v) is 10.6. The van der Waals surface area contributed by atoms with Crippen LogP contribution in [0.2, 0.25) is 0 Å². The third-order valence-electron chi connectivity index (χ3n) is 4.99. The zero-order valence-electron chi connectivity index (χ0n) is 18.3. The number of benzene rings is 3. The van der Waals surface area contributed by atoms with Gasteiger partial charge in [-0.3, -0.25) is 10.2 Å². The Morgan fingerprint density at radius 3 is 2.49 bits per heavy atom. The maximum atomic E-state index is 12.9. The standard InChI is InChI=1S/C26H20F3N5O/c27-26(28,29)19-9-6-10-20(15-19)33-31-17-21-16-23(22-11-4-5-12-24(22)32-21)25(35)34-30-14-13-18-7-2-1-3-8-18/h1-12,14-17,33H,13H2,(H,34,35)/b30-14+,31-17+. The minimum absolute atomic E-state index is 0.169. The summed E-state index contributed by atoms with van der Waals surface area (Å²) < 4.78 is 38.7. The summed E-state index contributed by atoms with van der Waals surface area (Å²) in [5, 5.41) is 8.64. The highest BCUT2D eigenvalue weighted by Crippen LogP contribution is 2.30. The summed E-state index contributed by atoms with van der Waals surface area (Å²) in [5.41, 5.74) is 6.79. The van der Waals surface area contributed by atoms with Crippen molar-refractivity contribution in [3.05, 3.63) is 107 Å². The van der Waals surface area contributed by atoms with Gasteiger partial charge in [-0.2, -0.15) is 23.4 Å². The zero-order valence-corrected chi connectivity index (χ0v) is 18.3. The SMILES string of the molecule is O=C(N/N=C/Cc1ccccc1)c1cc(/C=N/Nc2cccc(C(F)(F)F)c2)nc2ccccc12. The summed E-state index contributed by atoms with van der Waals surface area (Å²) in [6, 6.07) is 23.0. The molecule has 9 heteroatoms. The van der Waals surface area contributed by atoms with Gasteiger partial charge in [0, 0.05) is 18.0 Å². The topological polar surface area (TPSA) is 78.7 Å². The molecule has 1 aromatic heterocycles. The van der Waals surface area contributed by atoms with E-state index in [0.717, 1.165) is 17.7 Å². The van der Waals surface area contributed by atoms with E-state index < -0.39 is 17.6 Å². The van der Waals surface area contributed by atoms with Crippen molar-refractivity contribution in [3.63, 3.8) is 0 Å². The number of hydrogen-bond acceptors (Lipinski definition) is 5. The second-order valence-electron chi connectivity index (χ2n) is 7.50. The first kappa shape index (κ1) is 23.6. The van der Waals surface area contributed by atoms with Crippen molar-refractivity contribution in [1.82, 2.24) is 10.4 Å². The van der Waals surface area contributed by atoms with Gasteiger partial charge in [0.15, 0.2) is 0 Å². The van der Waals surface area contributed by atoms with Crippen LogP contribution < -0.4 is 10.9 Å². The van der Waals surface area contributed by atoms with Gasteiger partial charge < -0.3 is 0 Å². The van der Waals surface area contributed by atoms with E-state index in [1.54, 1.807) is 36.5 Å². The van der Waals surface area contributed by atoms with Crippen LogP contribution in [0, 0.1) is 0 Å². The number of halogens is 3. The Morgan fingerprint density at radius 2 is 1.69 bits per heavy atom. The van der Waals surface area contributed by atoms with E-state index >= 15 is 0 Å². The number of alkyl halides is 3. The normalized spacial score (nSPS) is 11.9. The van der Waals surface area contributed by atoms with Crippen molar-refractivity contribution < 1.29 is 18.0 Å². The summed E-state index contributed by atoms with van der Waals surface area (Å²) in [4.78, 5) is 17.3. The lowest BCUT2D eigenvalue weighted by molar-refractivity contribution is -0.137. The molecule has 176 valence electrons. The Morgan fingerprint density at radius 1 is 0.914 bits per heavy atom. The summed E-state index contributed by atoms with van der Waals surface area (Å²) in [5.74, 6) is -0.423. The molecule has 1 heterocycles. The predicted molar refractivity (Wildman–Crippen MR) is 131 cm³/mol. The fourth-order valence-corrected chi connectivity index (χ4v) is 3.32. The summed E-state index contributed by atoms with van der Waals surface area (Å²) in [7, 11) is 0. The molecule has 0 radical (unpaired) electrons. The molecule has 0 saturated heterocycles. The Bertz CT molecular complexity index is 1380. The van der Waals surface area contributed by atoms with Crippen LogP contribution in [0.4, 0.5) is 18.9 Å². The zero-order chi connectivity index (χ0) is 24.7. The van der Waals surface area contributed by atoms with Crippen molar-refractivity contribution in [2.24, 2.45) is 10.2 Å². The van der Waals surface area contributed by atoms with E-state index in [1.165, 1.54) is 18.3 Å². The van der Waals surface area contributed by atoms with Gasteiger partial charge in [-0.15, -0.1) is 0 Å². The van der Waals surface area contributed by atoms with E-state index in [2.05, 4.69) is 26.0 Å². The number of hydrazone groups is 2. The number of hydrogen-bond donors (Lipinski definition) is 2. The highest BCUT2D eigenvalue weighted by Gasteiger charge is 2.30. The van der Waals surface area contributed by atoms with Crippen LogP contribution in [-0.2, 0) is 12.6 Å². The van der Waals surface area contributed by atoms with Gasteiger partial charge in [0.25, 0.3) is 5.91 Å². The number of fused-ring (bicyclic) bond motifs is 1. The molecule has 0 unspecified atom stereocenters. The van der Waals surface area contributed by atoms with Crippen molar-refractivity contribution >= 4 is 34.9 Å². The smallest absolute Gasteiger partial charge is 0.278 e. The Hall–Kier alpha value is -4.53. The lowest BCUT2D eigenvalue weighted by Gasteiger charge is -2.08. The number of para-hydroxylation sites is 1. The first-order chi connectivity index (χ1) is 16.9. The van der Waals surface area contributed by atoms with Gasteiger partial charge in [-0.1, -0.05) is 54.6 Å². The number of carbonyl (C=O) groups is 1. The molecular weight excluding hydrogens is 455 g/mol. The fraction of sp³-hybridized carbons (Fsp3) is 0.0769. The predicted octanol–water partition coefficient (Wildman–Crippen LogP) is 5.66. The van der Waals surface area contributed by atoms with Crippen LogP contribution in [0.3, 0.4) is 0 Å². The second kappa shape index (κ2) is 10.6. The van der Waals surface area contributed by atoms with Gasteiger partial charge in [0.1, 0.15) is 0 Å². The minimum atomic E-state index is -4.45. The molecule has 0 fully saturated rings. The van der Waals surface area contributed by atoms with Gasteiger partial charge in [-0.25, -0.2) is 10.4 Å². The second-order valence-corrected chi connectivity index (χ2v) is 7.50. The van der Waals surface area contributed by atoms with Crippen LogP contribution >= 0.6 is 0 Å². The number of anilines is 1. The Labute approximate surface area is 199 Å². The van der Waals surface area contributed by atoms with E-state index in [9.17, 15) is 18.0 Å². The van der Waals surface area contributed by atoms with Crippen molar-refractivity contribution in [2.45, 2.75) is 12.6 Å². The molecule has 35 heavy (non-hydrogen) atoms. The lowest BCUT2D eigenvalue weighted by atomic mass is 10.1. The molecule has 3 aromatic carbocycles. The number of rotatable bonds is 7. The molecule has 0 saturated carbocycles. The largest absolute Gasteiger partial charge is 0.416 e. The molecule has 0 spiro atoms.